The summed E-state index contributed by atoms with van der Waals surface area (Å²) in [5, 5.41) is 11.5. The summed E-state index contributed by atoms with van der Waals surface area (Å²) in [4.78, 5) is 0. The van der Waals surface area contributed by atoms with Crippen molar-refractivity contribution in [2.45, 2.75) is 0 Å². The van der Waals surface area contributed by atoms with Crippen LogP contribution in [0.5, 0.6) is 0 Å². The number of hydrogen-bond acceptors (Lipinski definition) is 5. The lowest BCUT2D eigenvalue weighted by Gasteiger charge is -2.26. The van der Waals surface area contributed by atoms with Gasteiger partial charge in [0.05, 0.1) is 19.8 Å². The third-order valence-electron chi connectivity index (χ3n) is 2.18. The Hall–Kier alpha value is -0.250. The lowest BCUT2D eigenvalue weighted by Crippen LogP contribution is -2.50. The lowest BCUT2D eigenvalue weighted by molar-refractivity contribution is 0.0959. The van der Waals surface area contributed by atoms with Crippen LogP contribution in [0.15, 0.2) is 0 Å². The molecule has 0 aromatic heterocycles. The smallest absolute Gasteiger partial charge is 0.279 e. The summed E-state index contributed by atoms with van der Waals surface area (Å²) >= 11 is 0. The maximum Gasteiger partial charge on any atom is 0.279 e. The summed E-state index contributed by atoms with van der Waals surface area (Å²) in [5.41, 5.74) is 0. The highest BCUT2D eigenvalue weighted by atomic mass is 32.2. The molecule has 0 amide bonds. The van der Waals surface area contributed by atoms with Gasteiger partial charge in [-0.25, -0.2) is 0 Å². The number of nitrogens with zero attached hydrogens (tertiary/aromatic N) is 1. The first-order valence-corrected chi connectivity index (χ1v) is 6.75. The van der Waals surface area contributed by atoms with Crippen molar-refractivity contribution in [3.63, 3.8) is 0 Å². The van der Waals surface area contributed by atoms with E-state index in [1.807, 2.05) is 0 Å². The fourth-order valence-corrected chi connectivity index (χ4v) is 2.57. The zero-order chi connectivity index (χ0) is 11.9. The van der Waals surface area contributed by atoms with E-state index in [1.54, 1.807) is 0 Å². The number of aliphatic hydroxyl groups excluding tert-OH is 1. The van der Waals surface area contributed by atoms with E-state index >= 15 is 0 Å². The molecule has 0 radical (unpaired) electrons. The molecule has 1 aliphatic rings. The molecule has 0 spiro atoms. The Labute approximate surface area is 96.0 Å². The van der Waals surface area contributed by atoms with Crippen molar-refractivity contribution in [3.05, 3.63) is 0 Å². The molecule has 1 fully saturated rings. The van der Waals surface area contributed by atoms with Crippen LogP contribution in [-0.4, -0.2) is 70.4 Å². The lowest BCUT2D eigenvalue weighted by atomic mass is 10.4. The van der Waals surface area contributed by atoms with Gasteiger partial charge in [-0.3, -0.25) is 0 Å². The Morgan fingerprint density at radius 2 is 2.00 bits per heavy atom. The molecule has 0 aliphatic carbocycles. The van der Waals surface area contributed by atoms with Crippen LogP contribution in [0.2, 0.25) is 0 Å². The van der Waals surface area contributed by atoms with Crippen LogP contribution in [-0.2, 0) is 14.9 Å². The first-order chi connectivity index (χ1) is 7.67. The largest absolute Gasteiger partial charge is 0.394 e. The van der Waals surface area contributed by atoms with Crippen molar-refractivity contribution < 1.29 is 18.3 Å². The molecule has 7 nitrogen and oxygen atoms in total. The van der Waals surface area contributed by atoms with E-state index in [1.165, 1.54) is 4.31 Å². The van der Waals surface area contributed by atoms with Crippen LogP contribution in [0.25, 0.3) is 0 Å². The first-order valence-electron chi connectivity index (χ1n) is 5.31. The number of rotatable bonds is 7. The maximum absolute atomic E-state index is 11.7. The predicted octanol–water partition coefficient (Wildman–Crippen LogP) is -2.27. The van der Waals surface area contributed by atoms with Crippen LogP contribution in [0, 0.1) is 0 Å². The van der Waals surface area contributed by atoms with E-state index in [2.05, 4.69) is 10.0 Å². The summed E-state index contributed by atoms with van der Waals surface area (Å²) in [7, 11) is -3.37. The third-order valence-corrected chi connectivity index (χ3v) is 3.80. The molecular formula is C8H19N3O4S. The molecule has 0 aromatic rings. The minimum absolute atomic E-state index is 0.0510. The van der Waals surface area contributed by atoms with Crippen molar-refractivity contribution in [2.24, 2.45) is 0 Å². The average Bonchev–Trinajstić information content (AvgIpc) is 2.30. The third kappa shape index (κ3) is 4.73. The zero-order valence-electron chi connectivity index (χ0n) is 9.18. The van der Waals surface area contributed by atoms with E-state index in [4.69, 9.17) is 9.84 Å². The highest BCUT2D eigenvalue weighted by Crippen LogP contribution is 1.99. The second-order valence-electron chi connectivity index (χ2n) is 3.38. The molecule has 0 unspecified atom stereocenters. The number of ether oxygens (including phenoxy) is 1. The molecular weight excluding hydrogens is 234 g/mol. The molecule has 0 atom stereocenters. The standard InChI is InChI=1S/C8H19N3O4S/c12-6-8-15-7-3-10-16(13,14)11-4-1-9-2-5-11/h9-10,12H,1-8H2. The molecule has 3 N–H and O–H groups in total. The summed E-state index contributed by atoms with van der Waals surface area (Å²) in [6.45, 7) is 3.03. The molecule has 1 saturated heterocycles. The van der Waals surface area contributed by atoms with Crippen molar-refractivity contribution >= 4 is 10.2 Å². The minimum atomic E-state index is -3.37. The Bertz CT molecular complexity index is 277. The topological polar surface area (TPSA) is 90.9 Å². The van der Waals surface area contributed by atoms with Crippen LogP contribution >= 0.6 is 0 Å². The van der Waals surface area contributed by atoms with E-state index in [-0.39, 0.29) is 26.4 Å². The van der Waals surface area contributed by atoms with Gasteiger partial charge >= 0.3 is 0 Å². The van der Waals surface area contributed by atoms with Gasteiger partial charge in [-0.05, 0) is 0 Å². The van der Waals surface area contributed by atoms with Crippen molar-refractivity contribution in [1.82, 2.24) is 14.3 Å². The van der Waals surface area contributed by atoms with Gasteiger partial charge in [0, 0.05) is 32.7 Å². The Morgan fingerprint density at radius 3 is 2.62 bits per heavy atom. The Balaban J connectivity index is 2.22. The molecule has 1 aliphatic heterocycles. The van der Waals surface area contributed by atoms with Crippen LogP contribution < -0.4 is 10.0 Å². The number of hydrogen-bond donors (Lipinski definition) is 3. The summed E-state index contributed by atoms with van der Waals surface area (Å²) in [5.74, 6) is 0. The molecule has 0 saturated carbocycles. The summed E-state index contributed by atoms with van der Waals surface area (Å²) in [6, 6.07) is 0. The normalized spacial score (nSPS) is 18.8. The minimum Gasteiger partial charge on any atom is -0.394 e. The van der Waals surface area contributed by atoms with Gasteiger partial charge in [-0.15, -0.1) is 0 Å². The van der Waals surface area contributed by atoms with Crippen LogP contribution in [0.4, 0.5) is 0 Å². The van der Waals surface area contributed by atoms with Gasteiger partial charge in [-0.2, -0.15) is 17.4 Å². The Kier molecular flexibility index (Phi) is 6.17. The molecule has 0 aromatic carbocycles. The molecule has 96 valence electrons. The number of piperazine rings is 1. The van der Waals surface area contributed by atoms with E-state index in [0.717, 1.165) is 0 Å². The molecule has 1 heterocycles. The van der Waals surface area contributed by atoms with Crippen molar-refractivity contribution in [3.8, 4) is 0 Å². The van der Waals surface area contributed by atoms with E-state index < -0.39 is 10.2 Å². The second-order valence-corrected chi connectivity index (χ2v) is 5.14. The zero-order valence-corrected chi connectivity index (χ0v) is 10.0. The van der Waals surface area contributed by atoms with Gasteiger partial charge in [-0.1, -0.05) is 0 Å². The fraction of sp³-hybridized carbons (Fsp3) is 1.00. The molecule has 1 rings (SSSR count). The van der Waals surface area contributed by atoms with E-state index in [9.17, 15) is 8.42 Å². The van der Waals surface area contributed by atoms with Gasteiger partial charge in [0.15, 0.2) is 0 Å². The van der Waals surface area contributed by atoms with E-state index in [0.29, 0.717) is 26.2 Å². The van der Waals surface area contributed by atoms with Gasteiger partial charge < -0.3 is 15.2 Å². The quantitative estimate of drug-likeness (QED) is 0.445. The summed E-state index contributed by atoms with van der Waals surface area (Å²) in [6.07, 6.45) is 0. The maximum atomic E-state index is 11.7. The SMILES string of the molecule is O=S(=O)(NCCOCCO)N1CCNCC1. The number of aliphatic hydroxyl groups is 1. The van der Waals surface area contributed by atoms with Gasteiger partial charge in [0.25, 0.3) is 10.2 Å². The fourth-order valence-electron chi connectivity index (χ4n) is 1.39. The van der Waals surface area contributed by atoms with Crippen LogP contribution in [0.3, 0.4) is 0 Å². The molecule has 16 heavy (non-hydrogen) atoms. The molecule has 0 bridgehead atoms. The molecule has 8 heteroatoms. The van der Waals surface area contributed by atoms with Crippen LogP contribution in [0.1, 0.15) is 0 Å². The van der Waals surface area contributed by atoms with Gasteiger partial charge in [0.2, 0.25) is 0 Å². The highest BCUT2D eigenvalue weighted by Gasteiger charge is 2.22. The van der Waals surface area contributed by atoms with Crippen molar-refractivity contribution in [1.29, 1.82) is 0 Å². The average molecular weight is 253 g/mol. The predicted molar refractivity (Wildman–Crippen MR) is 59.3 cm³/mol. The first kappa shape index (κ1) is 13.8. The Morgan fingerprint density at radius 1 is 1.31 bits per heavy atom. The second kappa shape index (κ2) is 7.15. The number of nitrogens with one attached hydrogen (secondary N) is 2. The highest BCUT2D eigenvalue weighted by molar-refractivity contribution is 7.87. The van der Waals surface area contributed by atoms with Gasteiger partial charge in [0.1, 0.15) is 0 Å². The summed E-state index contributed by atoms with van der Waals surface area (Å²) < 4.78 is 32.2. The van der Waals surface area contributed by atoms with Crippen molar-refractivity contribution in [2.75, 3.05) is 52.5 Å². The monoisotopic (exact) mass is 253 g/mol.